The average molecular weight is 249 g/mol. The van der Waals surface area contributed by atoms with Gasteiger partial charge in [-0.3, -0.25) is 4.79 Å². The summed E-state index contributed by atoms with van der Waals surface area (Å²) in [5, 5.41) is 19.5. The Balaban J connectivity index is 2.79. The van der Waals surface area contributed by atoms with Gasteiger partial charge in [-0.25, -0.2) is 4.98 Å². The Kier molecular flexibility index (Phi) is 5.08. The van der Waals surface area contributed by atoms with Crippen molar-refractivity contribution in [1.29, 1.82) is 10.5 Å². The molecule has 1 rings (SSSR count). The molecule has 1 amide bonds. The van der Waals surface area contributed by atoms with Gasteiger partial charge >= 0.3 is 0 Å². The van der Waals surface area contributed by atoms with Gasteiger partial charge in [-0.05, 0) is 6.54 Å². The fourth-order valence-electron chi connectivity index (χ4n) is 1.18. The Morgan fingerprint density at radius 2 is 2.12 bits per heavy atom. The van der Waals surface area contributed by atoms with Crippen LogP contribution in [0.3, 0.4) is 0 Å². The van der Waals surface area contributed by atoms with Crippen LogP contribution in [-0.4, -0.2) is 35.4 Å². The Morgan fingerprint density at radius 3 is 2.65 bits per heavy atom. The molecule has 0 aliphatic carbocycles. The van der Waals surface area contributed by atoms with E-state index in [1.54, 1.807) is 5.38 Å². The van der Waals surface area contributed by atoms with E-state index in [9.17, 15) is 4.79 Å². The summed E-state index contributed by atoms with van der Waals surface area (Å²) in [5.74, 6) is -0.396. The molecular formula is C10H11N5OS. The summed E-state index contributed by atoms with van der Waals surface area (Å²) in [6, 6.07) is 3.69. The molecule has 0 saturated carbocycles. The standard InChI is InChI=1S/C10H11N5OS/c11-2-1-9-14-8(7-17-9)10(16)15(5-3-12)6-4-13/h7H,1-2,5-6,11H2. The molecule has 0 aromatic carbocycles. The van der Waals surface area contributed by atoms with Gasteiger partial charge in [-0.2, -0.15) is 10.5 Å². The van der Waals surface area contributed by atoms with Crippen molar-refractivity contribution in [3.63, 3.8) is 0 Å². The van der Waals surface area contributed by atoms with Crippen LogP contribution in [-0.2, 0) is 6.42 Å². The van der Waals surface area contributed by atoms with Crippen molar-refractivity contribution in [3.8, 4) is 12.1 Å². The minimum absolute atomic E-state index is 0.115. The van der Waals surface area contributed by atoms with E-state index < -0.39 is 5.91 Å². The highest BCUT2D eigenvalue weighted by molar-refractivity contribution is 7.09. The van der Waals surface area contributed by atoms with Crippen LogP contribution >= 0.6 is 11.3 Å². The first-order valence-electron chi connectivity index (χ1n) is 4.90. The molecule has 6 nitrogen and oxygen atoms in total. The Hall–Kier alpha value is -1.96. The van der Waals surface area contributed by atoms with Gasteiger partial charge in [0.2, 0.25) is 0 Å². The fourth-order valence-corrected chi connectivity index (χ4v) is 1.97. The van der Waals surface area contributed by atoms with Crippen molar-refractivity contribution in [2.45, 2.75) is 6.42 Å². The minimum atomic E-state index is -0.396. The molecule has 0 radical (unpaired) electrons. The number of carbonyl (C=O) groups is 1. The summed E-state index contributed by atoms with van der Waals surface area (Å²) in [7, 11) is 0. The predicted molar refractivity (Wildman–Crippen MR) is 62.0 cm³/mol. The molecule has 88 valence electrons. The van der Waals surface area contributed by atoms with Crippen molar-refractivity contribution in [3.05, 3.63) is 16.1 Å². The van der Waals surface area contributed by atoms with Crippen molar-refractivity contribution in [2.75, 3.05) is 19.6 Å². The zero-order chi connectivity index (χ0) is 12.7. The van der Waals surface area contributed by atoms with Gasteiger partial charge in [-0.15, -0.1) is 11.3 Å². The summed E-state index contributed by atoms with van der Waals surface area (Å²) in [4.78, 5) is 17.1. The van der Waals surface area contributed by atoms with Crippen LogP contribution in [0.15, 0.2) is 5.38 Å². The number of amides is 1. The highest BCUT2D eigenvalue weighted by atomic mass is 32.1. The molecule has 0 unspecified atom stereocenters. The number of nitrogens with zero attached hydrogens (tertiary/aromatic N) is 4. The highest BCUT2D eigenvalue weighted by Crippen LogP contribution is 2.12. The third kappa shape index (κ3) is 3.52. The second-order valence-corrected chi connectivity index (χ2v) is 4.09. The molecule has 0 spiro atoms. The maximum Gasteiger partial charge on any atom is 0.275 e. The SMILES string of the molecule is N#CCN(CC#N)C(=O)c1csc(CCN)n1. The summed E-state index contributed by atoms with van der Waals surface area (Å²) in [6.45, 7) is 0.244. The van der Waals surface area contributed by atoms with E-state index in [1.807, 2.05) is 12.1 Å². The van der Waals surface area contributed by atoms with Crippen LogP contribution in [0.2, 0.25) is 0 Å². The first-order valence-corrected chi connectivity index (χ1v) is 5.78. The van der Waals surface area contributed by atoms with Crippen LogP contribution in [0.1, 0.15) is 15.5 Å². The normalized spacial score (nSPS) is 9.35. The highest BCUT2D eigenvalue weighted by Gasteiger charge is 2.17. The lowest BCUT2D eigenvalue weighted by atomic mass is 10.3. The summed E-state index contributed by atoms with van der Waals surface area (Å²) in [5.41, 5.74) is 5.65. The van der Waals surface area contributed by atoms with Crippen LogP contribution in [0, 0.1) is 22.7 Å². The molecule has 1 aromatic heterocycles. The number of carbonyl (C=O) groups excluding carboxylic acids is 1. The van der Waals surface area contributed by atoms with Crippen molar-refractivity contribution in [1.82, 2.24) is 9.88 Å². The van der Waals surface area contributed by atoms with Gasteiger partial charge in [0.05, 0.1) is 17.1 Å². The zero-order valence-electron chi connectivity index (χ0n) is 9.09. The van der Waals surface area contributed by atoms with E-state index in [1.165, 1.54) is 11.3 Å². The molecule has 0 atom stereocenters. The monoisotopic (exact) mass is 249 g/mol. The Labute approximate surface area is 103 Å². The maximum absolute atomic E-state index is 11.9. The lowest BCUT2D eigenvalue weighted by molar-refractivity contribution is 0.0789. The number of hydrogen-bond acceptors (Lipinski definition) is 6. The van der Waals surface area contributed by atoms with E-state index in [0.29, 0.717) is 13.0 Å². The molecule has 2 N–H and O–H groups in total. The largest absolute Gasteiger partial charge is 0.330 e. The van der Waals surface area contributed by atoms with Crippen LogP contribution in [0.25, 0.3) is 0 Å². The van der Waals surface area contributed by atoms with E-state index in [-0.39, 0.29) is 18.8 Å². The average Bonchev–Trinajstić information content (AvgIpc) is 2.77. The lowest BCUT2D eigenvalue weighted by Gasteiger charge is -2.13. The zero-order valence-corrected chi connectivity index (χ0v) is 9.90. The smallest absolute Gasteiger partial charge is 0.275 e. The molecule has 17 heavy (non-hydrogen) atoms. The van der Waals surface area contributed by atoms with Gasteiger partial charge in [0.25, 0.3) is 5.91 Å². The number of nitriles is 2. The van der Waals surface area contributed by atoms with E-state index in [0.717, 1.165) is 9.91 Å². The molecule has 0 aliphatic heterocycles. The molecule has 7 heteroatoms. The van der Waals surface area contributed by atoms with Crippen molar-refractivity contribution >= 4 is 17.2 Å². The quantitative estimate of drug-likeness (QED) is 0.746. The minimum Gasteiger partial charge on any atom is -0.330 e. The van der Waals surface area contributed by atoms with E-state index in [4.69, 9.17) is 16.3 Å². The summed E-state index contributed by atoms with van der Waals surface area (Å²) in [6.07, 6.45) is 0.619. The molecule has 0 bridgehead atoms. The second-order valence-electron chi connectivity index (χ2n) is 3.14. The summed E-state index contributed by atoms with van der Waals surface area (Å²) >= 11 is 1.35. The Bertz CT molecular complexity index is 454. The van der Waals surface area contributed by atoms with Crippen LogP contribution in [0.4, 0.5) is 0 Å². The third-order valence-electron chi connectivity index (χ3n) is 1.94. The molecule has 1 heterocycles. The number of rotatable bonds is 5. The second kappa shape index (κ2) is 6.59. The molecule has 0 aliphatic rings. The van der Waals surface area contributed by atoms with Gasteiger partial charge in [0.15, 0.2) is 0 Å². The van der Waals surface area contributed by atoms with Crippen molar-refractivity contribution < 1.29 is 4.79 Å². The third-order valence-corrected chi connectivity index (χ3v) is 2.85. The van der Waals surface area contributed by atoms with E-state index >= 15 is 0 Å². The van der Waals surface area contributed by atoms with Crippen molar-refractivity contribution in [2.24, 2.45) is 5.73 Å². The van der Waals surface area contributed by atoms with Gasteiger partial charge in [0, 0.05) is 11.8 Å². The van der Waals surface area contributed by atoms with Gasteiger partial charge in [-0.1, -0.05) is 0 Å². The molecule has 1 aromatic rings. The summed E-state index contributed by atoms with van der Waals surface area (Å²) < 4.78 is 0. The fraction of sp³-hybridized carbons (Fsp3) is 0.400. The molecular weight excluding hydrogens is 238 g/mol. The molecule has 0 fully saturated rings. The number of aromatic nitrogens is 1. The number of hydrogen-bond donors (Lipinski definition) is 1. The predicted octanol–water partition coefficient (Wildman–Crippen LogP) is 0.134. The number of nitrogens with two attached hydrogens (primary N) is 1. The van der Waals surface area contributed by atoms with Gasteiger partial charge in [0.1, 0.15) is 18.8 Å². The topological polar surface area (TPSA) is 107 Å². The van der Waals surface area contributed by atoms with Crippen LogP contribution in [0.5, 0.6) is 0 Å². The first-order chi connectivity index (χ1) is 8.22. The Morgan fingerprint density at radius 1 is 1.47 bits per heavy atom. The number of thiazole rings is 1. The first kappa shape index (κ1) is 13.1. The lowest BCUT2D eigenvalue weighted by Crippen LogP contribution is -2.32. The molecule has 0 saturated heterocycles. The van der Waals surface area contributed by atoms with Gasteiger partial charge < -0.3 is 10.6 Å². The maximum atomic E-state index is 11.9. The van der Waals surface area contributed by atoms with E-state index in [2.05, 4.69) is 4.98 Å². The van der Waals surface area contributed by atoms with Crippen LogP contribution < -0.4 is 5.73 Å².